The molecule has 3 nitrogen and oxygen atoms in total. The molecule has 0 saturated heterocycles. The van der Waals surface area contributed by atoms with Gasteiger partial charge < -0.3 is 10.2 Å². The number of carbonyl (C=O) groups is 1. The number of hydrogen-bond donors (Lipinski definition) is 2. The predicted molar refractivity (Wildman–Crippen MR) is 67.8 cm³/mol. The smallest absolute Gasteiger partial charge is 0.159 e. The summed E-state index contributed by atoms with van der Waals surface area (Å²) in [5.74, 6) is 0.855. The summed E-state index contributed by atoms with van der Waals surface area (Å²) >= 11 is 0. The monoisotopic (exact) mass is 250 g/mol. The van der Waals surface area contributed by atoms with Gasteiger partial charge in [-0.1, -0.05) is 27.7 Å². The summed E-state index contributed by atoms with van der Waals surface area (Å²) in [7, 11) is 0. The van der Waals surface area contributed by atoms with E-state index in [2.05, 4.69) is 27.7 Å². The van der Waals surface area contributed by atoms with Gasteiger partial charge in [0.1, 0.15) is 6.10 Å². The Morgan fingerprint density at radius 3 is 2.50 bits per heavy atom. The van der Waals surface area contributed by atoms with E-state index in [9.17, 15) is 15.0 Å². The fraction of sp³-hybridized carbons (Fsp3) is 0.800. The normalized spacial score (nSPS) is 53.3. The van der Waals surface area contributed by atoms with Gasteiger partial charge in [-0.25, -0.2) is 0 Å². The molecule has 100 valence electrons. The van der Waals surface area contributed by atoms with E-state index in [1.807, 2.05) is 0 Å². The molecule has 6 atom stereocenters. The number of ketones is 1. The van der Waals surface area contributed by atoms with Crippen molar-refractivity contribution in [3.05, 3.63) is 11.6 Å². The van der Waals surface area contributed by atoms with Crippen molar-refractivity contribution < 1.29 is 15.0 Å². The highest BCUT2D eigenvalue weighted by Gasteiger charge is 2.72. The summed E-state index contributed by atoms with van der Waals surface area (Å²) in [6, 6.07) is 0. The van der Waals surface area contributed by atoms with Gasteiger partial charge in [0.05, 0.1) is 6.10 Å². The third-order valence-corrected chi connectivity index (χ3v) is 6.00. The molecular weight excluding hydrogens is 228 g/mol. The first kappa shape index (κ1) is 12.4. The Bertz CT molecular complexity index is 451. The SMILES string of the molecule is C[C@H]1C[C@@H](O)[C@H](O)C2=CC(=O)[C@H]3[C@H](C3(C)C)[C@@]21C. The van der Waals surface area contributed by atoms with Crippen LogP contribution in [0.1, 0.15) is 34.1 Å². The first-order valence-electron chi connectivity index (χ1n) is 6.84. The standard InChI is InChI=1S/C15H22O3/c1-7-5-10(17)12(18)8-6-9(16)11-13(14(11,2)3)15(7,8)4/h6-7,10-13,17-18H,5H2,1-4H3/t7-,10+,11-,12+,13+,15+/m0/s1. The van der Waals surface area contributed by atoms with E-state index in [1.54, 1.807) is 6.08 Å². The van der Waals surface area contributed by atoms with Crippen molar-refractivity contribution >= 4 is 5.78 Å². The molecule has 2 saturated carbocycles. The molecule has 0 aromatic carbocycles. The molecule has 2 N–H and O–H groups in total. The molecule has 0 spiro atoms. The van der Waals surface area contributed by atoms with Gasteiger partial charge >= 0.3 is 0 Å². The van der Waals surface area contributed by atoms with Crippen LogP contribution in [0.2, 0.25) is 0 Å². The fourth-order valence-electron chi connectivity index (χ4n) is 4.80. The average molecular weight is 250 g/mol. The number of rotatable bonds is 0. The maximum Gasteiger partial charge on any atom is 0.159 e. The Morgan fingerprint density at radius 1 is 1.28 bits per heavy atom. The van der Waals surface area contributed by atoms with Gasteiger partial charge in [0.15, 0.2) is 5.78 Å². The van der Waals surface area contributed by atoms with Crippen LogP contribution in [0, 0.1) is 28.6 Å². The first-order chi connectivity index (χ1) is 8.22. The van der Waals surface area contributed by atoms with Gasteiger partial charge in [-0.05, 0) is 40.7 Å². The lowest BCUT2D eigenvalue weighted by atomic mass is 9.58. The molecule has 0 aliphatic heterocycles. The van der Waals surface area contributed by atoms with Crippen molar-refractivity contribution in [1.29, 1.82) is 0 Å². The second-order valence-electron chi connectivity index (χ2n) is 7.21. The van der Waals surface area contributed by atoms with Gasteiger partial charge in [0.25, 0.3) is 0 Å². The summed E-state index contributed by atoms with van der Waals surface area (Å²) < 4.78 is 0. The summed E-state index contributed by atoms with van der Waals surface area (Å²) in [4.78, 5) is 12.1. The van der Waals surface area contributed by atoms with Crippen LogP contribution in [0.4, 0.5) is 0 Å². The maximum atomic E-state index is 12.1. The fourth-order valence-corrected chi connectivity index (χ4v) is 4.80. The van der Waals surface area contributed by atoms with Gasteiger partial charge in [-0.3, -0.25) is 4.79 Å². The van der Waals surface area contributed by atoms with Crippen molar-refractivity contribution in [1.82, 2.24) is 0 Å². The number of allylic oxidation sites excluding steroid dienone is 1. The van der Waals surface area contributed by atoms with Crippen LogP contribution in [0.5, 0.6) is 0 Å². The first-order valence-corrected chi connectivity index (χ1v) is 6.84. The van der Waals surface area contributed by atoms with E-state index in [0.29, 0.717) is 18.3 Å². The Kier molecular flexibility index (Phi) is 2.24. The molecule has 2 fully saturated rings. The average Bonchev–Trinajstić information content (AvgIpc) is 2.85. The molecule has 3 rings (SSSR count). The number of aliphatic hydroxyl groups excluding tert-OH is 2. The van der Waals surface area contributed by atoms with Crippen LogP contribution >= 0.6 is 0 Å². The highest BCUT2D eigenvalue weighted by Crippen LogP contribution is 2.73. The van der Waals surface area contributed by atoms with Gasteiger partial charge in [-0.15, -0.1) is 0 Å². The summed E-state index contributed by atoms with van der Waals surface area (Å²) in [5, 5.41) is 20.1. The van der Waals surface area contributed by atoms with E-state index < -0.39 is 12.2 Å². The molecule has 0 radical (unpaired) electrons. The number of carbonyl (C=O) groups excluding carboxylic acids is 1. The molecule has 0 unspecified atom stereocenters. The van der Waals surface area contributed by atoms with Crippen molar-refractivity contribution in [2.24, 2.45) is 28.6 Å². The largest absolute Gasteiger partial charge is 0.390 e. The molecule has 0 aromatic rings. The van der Waals surface area contributed by atoms with Crippen LogP contribution in [-0.4, -0.2) is 28.2 Å². The minimum atomic E-state index is -0.868. The Labute approximate surface area is 108 Å². The molecule has 0 bridgehead atoms. The van der Waals surface area contributed by atoms with Crippen molar-refractivity contribution in [2.75, 3.05) is 0 Å². The van der Waals surface area contributed by atoms with E-state index in [-0.39, 0.29) is 22.5 Å². The maximum absolute atomic E-state index is 12.1. The lowest BCUT2D eigenvalue weighted by Gasteiger charge is -2.48. The quantitative estimate of drug-likeness (QED) is 0.685. The van der Waals surface area contributed by atoms with E-state index in [4.69, 9.17) is 0 Å². The van der Waals surface area contributed by atoms with E-state index in [0.717, 1.165) is 5.57 Å². The molecule has 3 aliphatic rings. The number of fused-ring (bicyclic) bond motifs is 3. The predicted octanol–water partition coefficient (Wildman–Crippen LogP) is 1.54. The molecule has 0 aromatic heterocycles. The number of aliphatic hydroxyl groups is 2. The molecule has 3 heteroatoms. The zero-order valence-corrected chi connectivity index (χ0v) is 11.5. The summed E-state index contributed by atoms with van der Waals surface area (Å²) in [5.41, 5.74) is 0.659. The zero-order chi connectivity index (χ0) is 13.5. The van der Waals surface area contributed by atoms with Gasteiger partial charge in [0, 0.05) is 5.92 Å². The van der Waals surface area contributed by atoms with Crippen molar-refractivity contribution in [3.8, 4) is 0 Å². The summed E-state index contributed by atoms with van der Waals surface area (Å²) in [6.07, 6.45) is 0.639. The van der Waals surface area contributed by atoms with Crippen LogP contribution in [0.3, 0.4) is 0 Å². The molecule has 18 heavy (non-hydrogen) atoms. The molecular formula is C15H22O3. The summed E-state index contributed by atoms with van der Waals surface area (Å²) in [6.45, 7) is 8.58. The molecule has 0 heterocycles. The Morgan fingerprint density at radius 2 is 1.89 bits per heavy atom. The zero-order valence-electron chi connectivity index (χ0n) is 11.5. The number of hydrogen-bond acceptors (Lipinski definition) is 3. The topological polar surface area (TPSA) is 57.5 Å². The van der Waals surface area contributed by atoms with E-state index in [1.165, 1.54) is 0 Å². The highest BCUT2D eigenvalue weighted by molar-refractivity contribution is 5.97. The van der Waals surface area contributed by atoms with Crippen LogP contribution in [0.25, 0.3) is 0 Å². The third-order valence-electron chi connectivity index (χ3n) is 6.00. The lowest BCUT2D eigenvalue weighted by molar-refractivity contribution is -0.118. The second-order valence-corrected chi connectivity index (χ2v) is 7.21. The second kappa shape index (κ2) is 3.26. The van der Waals surface area contributed by atoms with E-state index >= 15 is 0 Å². The molecule has 3 aliphatic carbocycles. The highest BCUT2D eigenvalue weighted by atomic mass is 16.3. The van der Waals surface area contributed by atoms with Crippen LogP contribution in [0.15, 0.2) is 11.6 Å². The van der Waals surface area contributed by atoms with Crippen LogP contribution in [-0.2, 0) is 4.79 Å². The Balaban J connectivity index is 2.12. The van der Waals surface area contributed by atoms with Crippen molar-refractivity contribution in [3.63, 3.8) is 0 Å². The van der Waals surface area contributed by atoms with Gasteiger partial charge in [0.2, 0.25) is 0 Å². The van der Waals surface area contributed by atoms with Crippen molar-refractivity contribution in [2.45, 2.75) is 46.3 Å². The minimum Gasteiger partial charge on any atom is -0.390 e. The minimum absolute atomic E-state index is 0.0281. The van der Waals surface area contributed by atoms with Crippen LogP contribution < -0.4 is 0 Å². The third kappa shape index (κ3) is 1.19. The lowest BCUT2D eigenvalue weighted by Crippen LogP contribution is -2.49. The van der Waals surface area contributed by atoms with Gasteiger partial charge in [-0.2, -0.15) is 0 Å². The Hall–Kier alpha value is -0.670. The molecule has 0 amide bonds.